The SMILES string of the molecule is c1cc[c]2c(c1)-c1cccc[c]1[Ge]2([c]1cccc2ccccc12)[c]1cccc2ccccc12. The van der Waals surface area contributed by atoms with Gasteiger partial charge >= 0.3 is 197 Å². The van der Waals surface area contributed by atoms with Gasteiger partial charge in [-0.25, -0.2) is 0 Å². The molecule has 0 N–H and O–H groups in total. The standard InChI is InChI=1S/C32H22Ge/c1-3-15-25-23(11-1)13-9-21-29(25)33(30-22-10-14-24-12-2-4-16-26(24)30)31-19-7-5-17-27(31)28-18-6-8-20-32(28)33/h1-22H. The zero-order valence-corrected chi connectivity index (χ0v) is 20.3. The first-order chi connectivity index (χ1) is 16.4. The van der Waals surface area contributed by atoms with Crippen LogP contribution >= 0.6 is 0 Å². The minimum atomic E-state index is -3.31. The van der Waals surface area contributed by atoms with Crippen LogP contribution in [0, 0.1) is 0 Å². The summed E-state index contributed by atoms with van der Waals surface area (Å²) in [5.74, 6) is 0. The van der Waals surface area contributed by atoms with Crippen molar-refractivity contribution < 1.29 is 0 Å². The number of benzene rings is 6. The Morgan fingerprint density at radius 3 is 1.18 bits per heavy atom. The molecule has 6 aromatic carbocycles. The quantitative estimate of drug-likeness (QED) is 0.294. The Bertz CT molecular complexity index is 1540. The van der Waals surface area contributed by atoms with Gasteiger partial charge in [0.05, 0.1) is 0 Å². The van der Waals surface area contributed by atoms with Gasteiger partial charge in [-0.15, -0.1) is 0 Å². The maximum absolute atomic E-state index is 3.31. The van der Waals surface area contributed by atoms with Gasteiger partial charge in [0.25, 0.3) is 0 Å². The molecule has 7 rings (SSSR count). The Kier molecular flexibility index (Phi) is 4.12. The van der Waals surface area contributed by atoms with E-state index in [0.717, 1.165) is 0 Å². The van der Waals surface area contributed by atoms with Crippen molar-refractivity contribution in [2.75, 3.05) is 0 Å². The fraction of sp³-hybridized carbons (Fsp3) is 0. The summed E-state index contributed by atoms with van der Waals surface area (Å²) in [6, 6.07) is 50.1. The molecule has 0 amide bonds. The minimum absolute atomic E-state index is 1.32. The monoisotopic (exact) mass is 480 g/mol. The summed E-state index contributed by atoms with van der Waals surface area (Å²) in [6.45, 7) is 0. The zero-order chi connectivity index (χ0) is 21.8. The molecule has 0 bridgehead atoms. The van der Waals surface area contributed by atoms with Gasteiger partial charge in [-0.3, -0.25) is 0 Å². The summed E-state index contributed by atoms with van der Waals surface area (Å²) in [5, 5.41) is 5.42. The second kappa shape index (κ2) is 7.20. The maximum atomic E-state index is 2.42. The molecule has 0 fully saturated rings. The van der Waals surface area contributed by atoms with Crippen LogP contribution in [0.25, 0.3) is 32.7 Å². The van der Waals surface area contributed by atoms with Crippen LogP contribution in [0.15, 0.2) is 133 Å². The summed E-state index contributed by atoms with van der Waals surface area (Å²) in [5.41, 5.74) is 2.82. The van der Waals surface area contributed by atoms with Crippen molar-refractivity contribution in [2.45, 2.75) is 0 Å². The molecule has 1 aliphatic rings. The Morgan fingerprint density at radius 1 is 0.303 bits per heavy atom. The predicted octanol–water partition coefficient (Wildman–Crippen LogP) is 5.35. The van der Waals surface area contributed by atoms with Crippen LogP contribution in [-0.4, -0.2) is 13.3 Å². The number of hydrogen-bond acceptors (Lipinski definition) is 0. The molecule has 1 heteroatoms. The predicted molar refractivity (Wildman–Crippen MR) is 144 cm³/mol. The van der Waals surface area contributed by atoms with Gasteiger partial charge in [0, 0.05) is 0 Å². The van der Waals surface area contributed by atoms with Crippen LogP contribution in [-0.2, 0) is 0 Å². The Morgan fingerprint density at radius 2 is 0.667 bits per heavy atom. The summed E-state index contributed by atoms with van der Waals surface area (Å²) in [6.07, 6.45) is 0. The van der Waals surface area contributed by atoms with E-state index in [1.54, 1.807) is 8.79 Å². The molecule has 0 saturated carbocycles. The molecule has 0 unspecified atom stereocenters. The molecule has 0 radical (unpaired) electrons. The van der Waals surface area contributed by atoms with E-state index in [1.165, 1.54) is 41.5 Å². The van der Waals surface area contributed by atoms with Gasteiger partial charge in [0.1, 0.15) is 0 Å². The molecule has 0 saturated heterocycles. The van der Waals surface area contributed by atoms with E-state index in [2.05, 4.69) is 133 Å². The van der Waals surface area contributed by atoms with Crippen molar-refractivity contribution in [3.8, 4) is 11.1 Å². The van der Waals surface area contributed by atoms with E-state index < -0.39 is 13.3 Å². The summed E-state index contributed by atoms with van der Waals surface area (Å²) in [7, 11) is 0. The fourth-order valence-corrected chi connectivity index (χ4v) is 17.9. The van der Waals surface area contributed by atoms with Crippen LogP contribution in [0.2, 0.25) is 0 Å². The summed E-state index contributed by atoms with van der Waals surface area (Å²) >= 11 is -3.31. The van der Waals surface area contributed by atoms with Crippen LogP contribution in [0.4, 0.5) is 0 Å². The molecule has 0 aliphatic carbocycles. The molecule has 1 heterocycles. The van der Waals surface area contributed by atoms with Gasteiger partial charge in [-0.05, 0) is 0 Å². The van der Waals surface area contributed by atoms with Crippen LogP contribution < -0.4 is 17.6 Å². The normalized spacial score (nSPS) is 13.7. The number of rotatable bonds is 2. The van der Waals surface area contributed by atoms with Crippen molar-refractivity contribution in [2.24, 2.45) is 0 Å². The first kappa shape index (κ1) is 18.9. The van der Waals surface area contributed by atoms with Crippen LogP contribution in [0.1, 0.15) is 0 Å². The third-order valence-corrected chi connectivity index (χ3v) is 17.8. The molecule has 1 aliphatic heterocycles. The third-order valence-electron chi connectivity index (χ3n) is 7.34. The Hall–Kier alpha value is -3.62. The van der Waals surface area contributed by atoms with E-state index in [9.17, 15) is 0 Å². The topological polar surface area (TPSA) is 0 Å². The van der Waals surface area contributed by atoms with Gasteiger partial charge < -0.3 is 0 Å². The molecular formula is C32H22Ge. The molecule has 0 nitrogen and oxygen atoms in total. The molecule has 0 atom stereocenters. The van der Waals surface area contributed by atoms with Crippen molar-refractivity contribution in [3.63, 3.8) is 0 Å². The van der Waals surface area contributed by atoms with Gasteiger partial charge in [-0.2, -0.15) is 0 Å². The molecule has 0 aromatic heterocycles. The average Bonchev–Trinajstić information content (AvgIpc) is 3.19. The molecule has 0 spiro atoms. The van der Waals surface area contributed by atoms with Crippen molar-refractivity contribution in [1.29, 1.82) is 0 Å². The van der Waals surface area contributed by atoms with E-state index in [1.807, 2.05) is 0 Å². The Labute approximate surface area is 196 Å². The average molecular weight is 479 g/mol. The second-order valence-electron chi connectivity index (χ2n) is 8.89. The molecule has 6 aromatic rings. The van der Waals surface area contributed by atoms with E-state index in [4.69, 9.17) is 0 Å². The van der Waals surface area contributed by atoms with Gasteiger partial charge in [0.2, 0.25) is 0 Å². The van der Waals surface area contributed by atoms with Gasteiger partial charge in [-0.1, -0.05) is 0 Å². The molecular weight excluding hydrogens is 457 g/mol. The first-order valence-corrected chi connectivity index (χ1v) is 15.7. The third kappa shape index (κ3) is 2.53. The zero-order valence-electron chi connectivity index (χ0n) is 18.2. The fourth-order valence-electron chi connectivity index (χ4n) is 6.07. The molecule has 154 valence electrons. The Balaban J connectivity index is 1.76. The van der Waals surface area contributed by atoms with Crippen LogP contribution in [0.3, 0.4) is 0 Å². The molecule has 33 heavy (non-hydrogen) atoms. The second-order valence-corrected chi connectivity index (χ2v) is 16.6. The number of hydrogen-bond donors (Lipinski definition) is 0. The van der Waals surface area contributed by atoms with Crippen molar-refractivity contribution >= 4 is 52.4 Å². The summed E-state index contributed by atoms with van der Waals surface area (Å²) < 4.78 is 6.15. The first-order valence-electron chi connectivity index (χ1n) is 11.5. The van der Waals surface area contributed by atoms with Gasteiger partial charge in [0.15, 0.2) is 0 Å². The van der Waals surface area contributed by atoms with Crippen molar-refractivity contribution in [1.82, 2.24) is 0 Å². The van der Waals surface area contributed by atoms with Crippen molar-refractivity contribution in [3.05, 3.63) is 133 Å². The number of fused-ring (bicyclic) bond motifs is 5. The van der Waals surface area contributed by atoms with E-state index in [-0.39, 0.29) is 0 Å². The summed E-state index contributed by atoms with van der Waals surface area (Å²) in [4.78, 5) is 0. The van der Waals surface area contributed by atoms with E-state index >= 15 is 0 Å². The van der Waals surface area contributed by atoms with Crippen LogP contribution in [0.5, 0.6) is 0 Å². The van der Waals surface area contributed by atoms with E-state index in [0.29, 0.717) is 0 Å².